The van der Waals surface area contributed by atoms with Crippen molar-refractivity contribution in [1.82, 2.24) is 0 Å². The standard InChI is InChI=1S/C55H55N7O/c56-58-57-42-63-55-28-16-27-54(41-55)62(47-25-14-5-15-26-47)53-39-37-52(38-40-53)61(50-33-29-48(30-34-50)59(43-17-6-1-7-18-43)44-19-8-2-9-20-44)51-35-31-49(32-36-51)60(45-21-10-3-11-22-45)46-23-12-4-13-24-46/h1-15,17-19,21,23,25-27,31-33,35-41,44-46,48H,16,20,22,24,28-30,34,42H2. The van der Waals surface area contributed by atoms with Gasteiger partial charge in [0.05, 0.1) is 23.9 Å². The normalized spacial score (nSPS) is 21.1. The molecule has 8 nitrogen and oxygen atoms in total. The number of ether oxygens (including phenoxy) is 1. The molecule has 4 aromatic carbocycles. The highest BCUT2D eigenvalue weighted by Crippen LogP contribution is 2.41. The first-order valence-corrected chi connectivity index (χ1v) is 22.4. The summed E-state index contributed by atoms with van der Waals surface area (Å²) >= 11 is 0. The molecule has 4 unspecified atom stereocenters. The fraction of sp³-hybridized carbons (Fsp3) is 0.236. The minimum atomic E-state index is -0.0235. The average molecular weight is 830 g/mol. The second-order valence-corrected chi connectivity index (χ2v) is 16.4. The van der Waals surface area contributed by atoms with E-state index in [0.29, 0.717) is 24.2 Å². The van der Waals surface area contributed by atoms with E-state index in [1.807, 2.05) is 6.07 Å². The second-order valence-electron chi connectivity index (χ2n) is 16.4. The van der Waals surface area contributed by atoms with Gasteiger partial charge >= 0.3 is 0 Å². The number of hydrogen-bond acceptors (Lipinski definition) is 6. The number of anilines is 6. The maximum Gasteiger partial charge on any atom is 0.167 e. The van der Waals surface area contributed by atoms with Gasteiger partial charge in [0.15, 0.2) is 6.73 Å². The maximum absolute atomic E-state index is 8.82. The van der Waals surface area contributed by atoms with Gasteiger partial charge in [-0.3, -0.25) is 0 Å². The molecule has 0 saturated carbocycles. The van der Waals surface area contributed by atoms with Crippen molar-refractivity contribution in [3.05, 3.63) is 228 Å². The van der Waals surface area contributed by atoms with E-state index in [-0.39, 0.29) is 6.73 Å². The summed E-state index contributed by atoms with van der Waals surface area (Å²) in [5.74, 6) is 0.807. The molecular formula is C55H55N7O. The SMILES string of the molecule is [N-]=[N+]=NCOC1=CC(N(c2ccccc2)c2ccc(N(C3=CCC(N(c4ccccc4)C4C=CC=CC4)CC3)c3ccc(N(C4C=CC=CC4)C4C=CC=CC4)cc3)cc2)=CCC1. The van der Waals surface area contributed by atoms with Crippen LogP contribution in [0.25, 0.3) is 10.4 Å². The minimum absolute atomic E-state index is 0.0235. The zero-order chi connectivity index (χ0) is 42.6. The number of rotatable bonds is 15. The summed E-state index contributed by atoms with van der Waals surface area (Å²) in [5, 5.41) is 3.60. The van der Waals surface area contributed by atoms with Crippen LogP contribution in [-0.4, -0.2) is 30.9 Å². The molecule has 0 fully saturated rings. The molecule has 0 radical (unpaired) electrons. The number of para-hydroxylation sites is 2. The molecule has 316 valence electrons. The largest absolute Gasteiger partial charge is 0.492 e. The lowest BCUT2D eigenvalue weighted by Gasteiger charge is -2.42. The van der Waals surface area contributed by atoms with E-state index in [0.717, 1.165) is 85.6 Å². The average Bonchev–Trinajstić information content (AvgIpc) is 3.35. The highest BCUT2D eigenvalue weighted by atomic mass is 16.5. The Balaban J connectivity index is 1.06. The Bertz CT molecular complexity index is 2480. The summed E-state index contributed by atoms with van der Waals surface area (Å²) in [4.78, 5) is 12.8. The van der Waals surface area contributed by atoms with Gasteiger partial charge in [0.2, 0.25) is 0 Å². The van der Waals surface area contributed by atoms with Gasteiger partial charge in [-0.25, -0.2) is 0 Å². The van der Waals surface area contributed by atoms with E-state index in [4.69, 9.17) is 10.3 Å². The van der Waals surface area contributed by atoms with Crippen LogP contribution in [0.1, 0.15) is 51.4 Å². The lowest BCUT2D eigenvalue weighted by molar-refractivity contribution is 0.209. The Labute approximate surface area is 372 Å². The van der Waals surface area contributed by atoms with Crippen molar-refractivity contribution < 1.29 is 4.74 Å². The van der Waals surface area contributed by atoms with Crippen molar-refractivity contribution in [2.75, 3.05) is 26.3 Å². The molecular weight excluding hydrogens is 775 g/mol. The van der Waals surface area contributed by atoms with Gasteiger partial charge in [-0.2, -0.15) is 0 Å². The van der Waals surface area contributed by atoms with Gasteiger partial charge in [-0.1, -0.05) is 127 Å². The first-order chi connectivity index (χ1) is 31.2. The van der Waals surface area contributed by atoms with E-state index >= 15 is 0 Å². The molecule has 0 aromatic heterocycles. The number of azide groups is 1. The lowest BCUT2D eigenvalue weighted by Crippen LogP contribution is -2.44. The summed E-state index contributed by atoms with van der Waals surface area (Å²) in [5.41, 5.74) is 18.0. The molecule has 0 bridgehead atoms. The summed E-state index contributed by atoms with van der Waals surface area (Å²) in [7, 11) is 0. The van der Waals surface area contributed by atoms with Crippen LogP contribution in [0.5, 0.6) is 0 Å². The number of hydrogen-bond donors (Lipinski definition) is 0. The summed E-state index contributed by atoms with van der Waals surface area (Å²) in [6, 6.07) is 41.0. The van der Waals surface area contributed by atoms with Gasteiger partial charge in [-0.05, 0) is 129 Å². The molecule has 0 amide bonds. The van der Waals surface area contributed by atoms with E-state index in [1.54, 1.807) is 0 Å². The number of nitrogens with zero attached hydrogens (tertiary/aromatic N) is 7. The lowest BCUT2D eigenvalue weighted by atomic mass is 9.93. The predicted octanol–water partition coefficient (Wildman–Crippen LogP) is 14.2. The number of benzene rings is 4. The summed E-state index contributed by atoms with van der Waals surface area (Å²) in [6.07, 6.45) is 41.3. The van der Waals surface area contributed by atoms with E-state index < -0.39 is 0 Å². The molecule has 4 atom stereocenters. The van der Waals surface area contributed by atoms with Crippen LogP contribution in [0.4, 0.5) is 34.1 Å². The van der Waals surface area contributed by atoms with E-state index in [1.165, 1.54) is 17.1 Å². The van der Waals surface area contributed by atoms with Gasteiger partial charge in [0.1, 0.15) is 0 Å². The molecule has 8 heteroatoms. The topological polar surface area (TPSA) is 71.0 Å². The monoisotopic (exact) mass is 829 g/mol. The smallest absolute Gasteiger partial charge is 0.167 e. The van der Waals surface area contributed by atoms with Gasteiger partial charge in [0.25, 0.3) is 0 Å². The summed E-state index contributed by atoms with van der Waals surface area (Å²) < 4.78 is 5.85. The Hall–Kier alpha value is -7.15. The maximum atomic E-state index is 8.82. The highest BCUT2D eigenvalue weighted by molar-refractivity contribution is 5.76. The van der Waals surface area contributed by atoms with Gasteiger partial charge < -0.3 is 24.3 Å². The van der Waals surface area contributed by atoms with Gasteiger partial charge in [-0.15, -0.1) is 0 Å². The molecule has 0 N–H and O–H groups in total. The minimum Gasteiger partial charge on any atom is -0.492 e. The van der Waals surface area contributed by atoms with Crippen molar-refractivity contribution >= 4 is 34.1 Å². The third kappa shape index (κ3) is 9.67. The summed E-state index contributed by atoms with van der Waals surface area (Å²) in [6.45, 7) is -0.0235. The molecule has 63 heavy (non-hydrogen) atoms. The molecule has 0 aliphatic heterocycles. The van der Waals surface area contributed by atoms with Crippen LogP contribution < -0.4 is 19.6 Å². The van der Waals surface area contributed by atoms with E-state index in [9.17, 15) is 0 Å². The molecule has 9 rings (SSSR count). The highest BCUT2D eigenvalue weighted by Gasteiger charge is 2.30. The third-order valence-electron chi connectivity index (χ3n) is 12.5. The fourth-order valence-electron chi connectivity index (χ4n) is 9.58. The quantitative estimate of drug-likeness (QED) is 0.0678. The number of allylic oxidation sites excluding steroid dienone is 10. The zero-order valence-corrected chi connectivity index (χ0v) is 35.8. The van der Waals surface area contributed by atoms with Crippen molar-refractivity contribution in [3.63, 3.8) is 0 Å². The van der Waals surface area contributed by atoms with Crippen LogP contribution in [-0.2, 0) is 4.74 Å². The molecule has 0 saturated heterocycles. The zero-order valence-electron chi connectivity index (χ0n) is 35.8. The predicted molar refractivity (Wildman–Crippen MR) is 261 cm³/mol. The molecule has 5 aliphatic rings. The van der Waals surface area contributed by atoms with Crippen molar-refractivity contribution in [2.24, 2.45) is 5.11 Å². The molecule has 0 heterocycles. The van der Waals surface area contributed by atoms with Crippen LogP contribution in [0.2, 0.25) is 0 Å². The van der Waals surface area contributed by atoms with Crippen molar-refractivity contribution in [2.45, 2.75) is 75.5 Å². The Morgan fingerprint density at radius 2 is 1.05 bits per heavy atom. The first kappa shape index (κ1) is 41.2. The van der Waals surface area contributed by atoms with Crippen LogP contribution in [0.3, 0.4) is 0 Å². The van der Waals surface area contributed by atoms with Crippen molar-refractivity contribution in [1.29, 1.82) is 0 Å². The fourth-order valence-corrected chi connectivity index (χ4v) is 9.58. The van der Waals surface area contributed by atoms with Crippen LogP contribution >= 0.6 is 0 Å². The Kier molecular flexibility index (Phi) is 13.2. The first-order valence-electron chi connectivity index (χ1n) is 22.4. The van der Waals surface area contributed by atoms with Gasteiger partial charge in [0, 0.05) is 62.9 Å². The third-order valence-corrected chi connectivity index (χ3v) is 12.5. The Morgan fingerprint density at radius 1 is 0.540 bits per heavy atom. The van der Waals surface area contributed by atoms with E-state index in [2.05, 4.69) is 224 Å². The molecule has 5 aliphatic carbocycles. The van der Waals surface area contributed by atoms with Crippen molar-refractivity contribution in [3.8, 4) is 0 Å². The second kappa shape index (κ2) is 20.1. The van der Waals surface area contributed by atoms with Crippen LogP contribution in [0.15, 0.2) is 223 Å². The molecule has 0 spiro atoms. The van der Waals surface area contributed by atoms with Crippen LogP contribution in [0, 0.1) is 0 Å². The molecule has 4 aromatic rings. The Morgan fingerprint density at radius 3 is 1.57 bits per heavy atom.